The average Bonchev–Trinajstić information content (AvgIpc) is 2.59. The molecule has 0 aromatic heterocycles. The average molecular weight is 391 g/mol. The number of amides is 2. The Bertz CT molecular complexity index is 489. The van der Waals surface area contributed by atoms with Crippen LogP contribution in [0.1, 0.15) is 45.4 Å². The highest BCUT2D eigenvalue weighted by Crippen LogP contribution is 2.05. The van der Waals surface area contributed by atoms with E-state index < -0.39 is 42.4 Å². The van der Waals surface area contributed by atoms with Gasteiger partial charge >= 0.3 is 11.9 Å². The molecule has 0 bridgehead atoms. The Hall–Kier alpha value is -1.81. The predicted molar refractivity (Wildman–Crippen MR) is 99.0 cm³/mol. The van der Waals surface area contributed by atoms with E-state index in [1.54, 1.807) is 0 Å². The van der Waals surface area contributed by atoms with Gasteiger partial charge in [-0.1, -0.05) is 26.2 Å². The van der Waals surface area contributed by atoms with Crippen LogP contribution in [0.2, 0.25) is 0 Å². The summed E-state index contributed by atoms with van der Waals surface area (Å²) in [5.74, 6) is -3.39. The van der Waals surface area contributed by atoms with Crippen LogP contribution < -0.4 is 11.1 Å². The summed E-state index contributed by atoms with van der Waals surface area (Å²) in [6.45, 7) is 1.88. The number of carboxylic acids is 2. The van der Waals surface area contributed by atoms with Gasteiger partial charge in [0.1, 0.15) is 18.6 Å². The lowest BCUT2D eigenvalue weighted by atomic mass is 10.1. The quantitative estimate of drug-likeness (QED) is 0.208. The van der Waals surface area contributed by atoms with Crippen molar-refractivity contribution in [3.05, 3.63) is 0 Å². The number of aliphatic carboxylic acids is 2. The van der Waals surface area contributed by atoms with E-state index in [9.17, 15) is 19.2 Å². The van der Waals surface area contributed by atoms with Gasteiger partial charge in [-0.25, -0.2) is 0 Å². The third-order valence-electron chi connectivity index (χ3n) is 3.73. The molecule has 0 heterocycles. The van der Waals surface area contributed by atoms with E-state index >= 15 is 0 Å². The topological polar surface area (TPSA) is 150 Å². The molecular weight excluding hydrogens is 362 g/mol. The fraction of sp³-hybridized carbons (Fsp3) is 0.750. The fourth-order valence-corrected chi connectivity index (χ4v) is 2.49. The monoisotopic (exact) mass is 391 g/mol. The van der Waals surface area contributed by atoms with Gasteiger partial charge < -0.3 is 26.2 Å². The van der Waals surface area contributed by atoms with E-state index in [0.29, 0.717) is 6.42 Å². The highest BCUT2D eigenvalue weighted by molar-refractivity contribution is 7.80. The van der Waals surface area contributed by atoms with Gasteiger partial charge in [0, 0.05) is 18.7 Å². The van der Waals surface area contributed by atoms with Crippen LogP contribution >= 0.6 is 12.6 Å². The summed E-state index contributed by atoms with van der Waals surface area (Å²) in [5, 5.41) is 20.2. The summed E-state index contributed by atoms with van der Waals surface area (Å²) >= 11 is 4.05. The van der Waals surface area contributed by atoms with Crippen molar-refractivity contribution in [1.29, 1.82) is 0 Å². The van der Waals surface area contributed by atoms with E-state index in [4.69, 9.17) is 15.9 Å². The van der Waals surface area contributed by atoms with Crippen molar-refractivity contribution in [2.75, 3.05) is 18.8 Å². The summed E-state index contributed by atoms with van der Waals surface area (Å²) in [6.07, 6.45) is 3.34. The molecule has 0 aliphatic rings. The number of nitrogens with one attached hydrogen (secondary N) is 1. The molecule has 26 heavy (non-hydrogen) atoms. The Kier molecular flexibility index (Phi) is 12.5. The van der Waals surface area contributed by atoms with Gasteiger partial charge in [-0.2, -0.15) is 12.6 Å². The highest BCUT2D eigenvalue weighted by atomic mass is 32.1. The number of hydrogen-bond acceptors (Lipinski definition) is 6. The Morgan fingerprint density at radius 1 is 1.15 bits per heavy atom. The van der Waals surface area contributed by atoms with Crippen LogP contribution in [0.15, 0.2) is 0 Å². The first-order chi connectivity index (χ1) is 12.2. The Balaban J connectivity index is 4.72. The minimum atomic E-state index is -1.21. The van der Waals surface area contributed by atoms with Gasteiger partial charge in [0.15, 0.2) is 0 Å². The van der Waals surface area contributed by atoms with Gasteiger partial charge in [-0.3, -0.25) is 19.2 Å². The van der Waals surface area contributed by atoms with Crippen molar-refractivity contribution < 1.29 is 29.4 Å². The van der Waals surface area contributed by atoms with Gasteiger partial charge in [-0.15, -0.1) is 0 Å². The van der Waals surface area contributed by atoms with Crippen molar-refractivity contribution in [2.45, 2.75) is 57.5 Å². The third kappa shape index (κ3) is 10.2. The number of carbonyl (C=O) groups excluding carboxylic acids is 2. The number of thiol groups is 1. The SMILES string of the molecule is CCCCCCN(CC(=O)O)C(=O)C(CS)NC(=O)CCC(N)C(=O)O. The molecule has 2 amide bonds. The minimum absolute atomic E-state index is 0.000631. The zero-order valence-corrected chi connectivity index (χ0v) is 15.9. The first-order valence-corrected chi connectivity index (χ1v) is 9.25. The number of unbranched alkanes of at least 4 members (excludes halogenated alkanes) is 3. The molecule has 0 fully saturated rings. The van der Waals surface area contributed by atoms with Gasteiger partial charge in [-0.05, 0) is 12.8 Å². The first kappa shape index (κ1) is 24.2. The van der Waals surface area contributed by atoms with Crippen molar-refractivity contribution in [3.8, 4) is 0 Å². The molecule has 0 saturated carbocycles. The smallest absolute Gasteiger partial charge is 0.323 e. The first-order valence-electron chi connectivity index (χ1n) is 8.62. The number of nitrogens with two attached hydrogens (primary N) is 1. The van der Waals surface area contributed by atoms with Gasteiger partial charge in [0.05, 0.1) is 0 Å². The summed E-state index contributed by atoms with van der Waals surface area (Å²) in [4.78, 5) is 47.3. The lowest BCUT2D eigenvalue weighted by molar-refractivity contribution is -0.145. The third-order valence-corrected chi connectivity index (χ3v) is 4.10. The largest absolute Gasteiger partial charge is 0.480 e. The van der Waals surface area contributed by atoms with Crippen LogP contribution in [0, 0.1) is 0 Å². The van der Waals surface area contributed by atoms with Crippen molar-refractivity contribution >= 4 is 36.4 Å². The van der Waals surface area contributed by atoms with E-state index in [1.165, 1.54) is 4.90 Å². The lowest BCUT2D eigenvalue weighted by Gasteiger charge is -2.26. The van der Waals surface area contributed by atoms with Crippen LogP contribution in [0.5, 0.6) is 0 Å². The number of rotatable bonds is 14. The summed E-state index contributed by atoms with van der Waals surface area (Å²) in [5.41, 5.74) is 5.34. The van der Waals surface area contributed by atoms with Crippen LogP contribution in [0.3, 0.4) is 0 Å². The molecular formula is C16H29N3O6S. The van der Waals surface area contributed by atoms with Crippen molar-refractivity contribution in [1.82, 2.24) is 10.2 Å². The summed E-state index contributed by atoms with van der Waals surface area (Å²) in [7, 11) is 0. The number of hydrogen-bond donors (Lipinski definition) is 5. The predicted octanol–water partition coefficient (Wildman–Crippen LogP) is 0.0866. The number of nitrogens with zero attached hydrogens (tertiary/aromatic N) is 1. The summed E-state index contributed by atoms with van der Waals surface area (Å²) < 4.78 is 0. The molecule has 0 rings (SSSR count). The molecule has 0 aromatic rings. The Labute approximate surface area is 158 Å². The molecule has 0 radical (unpaired) electrons. The Morgan fingerprint density at radius 2 is 1.81 bits per heavy atom. The van der Waals surface area contributed by atoms with Crippen LogP contribution in [-0.4, -0.2) is 69.8 Å². The van der Waals surface area contributed by atoms with E-state index in [1.807, 2.05) is 6.92 Å². The lowest BCUT2D eigenvalue weighted by Crippen LogP contribution is -2.51. The molecule has 2 unspecified atom stereocenters. The molecule has 0 aliphatic carbocycles. The standard InChI is InChI=1S/C16H29N3O6S/c1-2-3-4-5-8-19(9-14(21)22)15(23)12(10-26)18-13(20)7-6-11(17)16(24)25/h11-12,26H,2-10,17H2,1H3,(H,18,20)(H,21,22)(H,24,25). The van der Waals surface area contributed by atoms with Crippen LogP contribution in [0.4, 0.5) is 0 Å². The normalized spacial score (nSPS) is 12.9. The fourth-order valence-electron chi connectivity index (χ4n) is 2.24. The zero-order valence-electron chi connectivity index (χ0n) is 15.0. The molecule has 0 spiro atoms. The molecule has 0 aliphatic heterocycles. The number of carboxylic acid groups (broad SMARTS) is 2. The van der Waals surface area contributed by atoms with Gasteiger partial charge in [0.25, 0.3) is 0 Å². The molecule has 150 valence electrons. The van der Waals surface area contributed by atoms with Crippen LogP contribution in [0.25, 0.3) is 0 Å². The molecule has 0 aromatic carbocycles. The minimum Gasteiger partial charge on any atom is -0.480 e. The van der Waals surface area contributed by atoms with Gasteiger partial charge in [0.2, 0.25) is 11.8 Å². The second kappa shape index (κ2) is 13.4. The number of carbonyl (C=O) groups is 4. The zero-order chi connectivity index (χ0) is 20.1. The van der Waals surface area contributed by atoms with Crippen LogP contribution in [-0.2, 0) is 19.2 Å². The molecule has 5 N–H and O–H groups in total. The molecule has 2 atom stereocenters. The highest BCUT2D eigenvalue weighted by Gasteiger charge is 2.26. The van der Waals surface area contributed by atoms with Crippen molar-refractivity contribution in [2.24, 2.45) is 5.73 Å². The molecule has 9 nitrogen and oxygen atoms in total. The maximum Gasteiger partial charge on any atom is 0.323 e. The molecule has 10 heteroatoms. The van der Waals surface area contributed by atoms with E-state index in [-0.39, 0.29) is 25.1 Å². The second-order valence-corrected chi connectivity index (χ2v) is 6.37. The Morgan fingerprint density at radius 3 is 2.31 bits per heavy atom. The van der Waals surface area contributed by atoms with E-state index in [0.717, 1.165) is 19.3 Å². The molecule has 0 saturated heterocycles. The maximum atomic E-state index is 12.5. The summed E-state index contributed by atoms with van der Waals surface area (Å²) in [6, 6.07) is -2.13. The van der Waals surface area contributed by atoms with Crippen molar-refractivity contribution in [3.63, 3.8) is 0 Å². The second-order valence-electron chi connectivity index (χ2n) is 6.00. The van der Waals surface area contributed by atoms with E-state index in [2.05, 4.69) is 17.9 Å². The maximum absolute atomic E-state index is 12.5.